The van der Waals surface area contributed by atoms with E-state index in [0.717, 1.165) is 17.4 Å². The van der Waals surface area contributed by atoms with Gasteiger partial charge in [-0.05, 0) is 12.8 Å². The molecule has 8 heteroatoms. The van der Waals surface area contributed by atoms with Gasteiger partial charge in [0.15, 0.2) is 5.13 Å². The second-order valence-corrected chi connectivity index (χ2v) is 8.83. The lowest BCUT2D eigenvalue weighted by Gasteiger charge is -2.14. The lowest BCUT2D eigenvalue weighted by molar-refractivity contribution is 0.181. The molecule has 0 atom stereocenters. The van der Waals surface area contributed by atoms with E-state index in [9.17, 15) is 8.42 Å². The molecule has 1 aromatic heterocycles. The molecule has 0 amide bonds. The van der Waals surface area contributed by atoms with E-state index in [1.54, 1.807) is 18.4 Å². The topological polar surface area (TPSA) is 71.5 Å². The Morgan fingerprint density at radius 1 is 1.48 bits per heavy atom. The van der Waals surface area contributed by atoms with Crippen LogP contribution < -0.4 is 10.2 Å². The zero-order valence-electron chi connectivity index (χ0n) is 12.8. The number of rotatable bonds is 9. The lowest BCUT2D eigenvalue weighted by Crippen LogP contribution is -2.24. The Bertz CT molecular complexity index is 567. The summed E-state index contributed by atoms with van der Waals surface area (Å²) in [6.45, 7) is 1.74. The van der Waals surface area contributed by atoms with E-state index in [2.05, 4.69) is 10.3 Å². The Kier molecular flexibility index (Phi) is 5.59. The highest BCUT2D eigenvalue weighted by Crippen LogP contribution is 2.27. The van der Waals surface area contributed by atoms with Crippen molar-refractivity contribution in [3.63, 3.8) is 0 Å². The van der Waals surface area contributed by atoms with Crippen LogP contribution >= 0.6 is 11.3 Å². The van der Waals surface area contributed by atoms with Crippen molar-refractivity contribution in [3.8, 4) is 0 Å². The highest BCUT2D eigenvalue weighted by molar-refractivity contribution is 7.90. The summed E-state index contributed by atoms with van der Waals surface area (Å²) < 4.78 is 27.7. The fraction of sp³-hybridized carbons (Fsp3) is 0.769. The lowest BCUT2D eigenvalue weighted by atomic mass is 10.3. The second-order valence-electron chi connectivity index (χ2n) is 5.51. The average Bonchev–Trinajstić information content (AvgIpc) is 3.15. The van der Waals surface area contributed by atoms with Gasteiger partial charge in [0.25, 0.3) is 0 Å². The molecule has 0 bridgehead atoms. The molecule has 1 saturated carbocycles. The number of hydrogen-bond donors (Lipinski definition) is 1. The summed E-state index contributed by atoms with van der Waals surface area (Å²) in [5.41, 5.74) is 0.942. The first kappa shape index (κ1) is 16.7. The van der Waals surface area contributed by atoms with Gasteiger partial charge in [-0.2, -0.15) is 0 Å². The van der Waals surface area contributed by atoms with E-state index < -0.39 is 9.84 Å². The van der Waals surface area contributed by atoms with Gasteiger partial charge in [-0.25, -0.2) is 13.4 Å². The van der Waals surface area contributed by atoms with Gasteiger partial charge < -0.3 is 15.0 Å². The summed E-state index contributed by atoms with van der Waals surface area (Å²) in [6, 6.07) is 0.647. The fourth-order valence-electron chi connectivity index (χ4n) is 1.84. The van der Waals surface area contributed by atoms with E-state index in [4.69, 9.17) is 4.74 Å². The number of ether oxygens (including phenoxy) is 1. The maximum absolute atomic E-state index is 11.3. The molecule has 1 N–H and O–H groups in total. The molecule has 6 nitrogen and oxygen atoms in total. The number of thiazole rings is 1. The number of sulfone groups is 1. The third-order valence-corrected chi connectivity index (χ3v) is 5.44. The molecule has 0 spiro atoms. The van der Waals surface area contributed by atoms with Crippen molar-refractivity contribution in [1.29, 1.82) is 0 Å². The van der Waals surface area contributed by atoms with Gasteiger partial charge in [0, 0.05) is 44.4 Å². The Morgan fingerprint density at radius 2 is 2.19 bits per heavy atom. The van der Waals surface area contributed by atoms with Crippen molar-refractivity contribution in [2.75, 3.05) is 37.6 Å². The molecule has 1 fully saturated rings. The van der Waals surface area contributed by atoms with Gasteiger partial charge in [-0.3, -0.25) is 0 Å². The normalized spacial score (nSPS) is 15.4. The Morgan fingerprint density at radius 3 is 2.76 bits per heavy atom. The van der Waals surface area contributed by atoms with Gasteiger partial charge in [-0.1, -0.05) is 0 Å². The number of aromatic nitrogens is 1. The van der Waals surface area contributed by atoms with Crippen LogP contribution in [0, 0.1) is 0 Å². The molecule has 120 valence electrons. The Balaban J connectivity index is 2.01. The van der Waals surface area contributed by atoms with Crippen molar-refractivity contribution in [2.45, 2.75) is 32.0 Å². The molecule has 0 saturated heterocycles. The monoisotopic (exact) mass is 333 g/mol. The summed E-state index contributed by atoms with van der Waals surface area (Å²) in [6.07, 6.45) is 3.75. The van der Waals surface area contributed by atoms with E-state index in [1.807, 2.05) is 11.9 Å². The summed E-state index contributed by atoms with van der Waals surface area (Å²) in [4.78, 5) is 7.65. The van der Waals surface area contributed by atoms with Crippen LogP contribution in [0.4, 0.5) is 5.13 Å². The van der Waals surface area contributed by atoms with Crippen molar-refractivity contribution < 1.29 is 13.2 Å². The Hall–Kier alpha value is -0.700. The zero-order chi connectivity index (χ0) is 15.5. The first-order valence-corrected chi connectivity index (χ1v) is 9.86. The molecule has 2 rings (SSSR count). The van der Waals surface area contributed by atoms with Crippen LogP contribution in [0.5, 0.6) is 0 Å². The molecule has 0 unspecified atom stereocenters. The van der Waals surface area contributed by atoms with Crippen LogP contribution in [-0.2, 0) is 27.7 Å². The largest absolute Gasteiger partial charge is 0.378 e. The average molecular weight is 333 g/mol. The van der Waals surface area contributed by atoms with Crippen molar-refractivity contribution in [2.24, 2.45) is 0 Å². The summed E-state index contributed by atoms with van der Waals surface area (Å²) in [5.74, 6) is 0.137. The third-order valence-electron chi connectivity index (χ3n) is 3.30. The first-order chi connectivity index (χ1) is 9.89. The van der Waals surface area contributed by atoms with Gasteiger partial charge >= 0.3 is 0 Å². The minimum atomic E-state index is -2.96. The predicted molar refractivity (Wildman–Crippen MR) is 85.7 cm³/mol. The van der Waals surface area contributed by atoms with Crippen LogP contribution in [0.2, 0.25) is 0 Å². The molecule has 1 heterocycles. The van der Waals surface area contributed by atoms with Crippen molar-refractivity contribution in [1.82, 2.24) is 10.3 Å². The van der Waals surface area contributed by atoms with Gasteiger partial charge in [0.05, 0.1) is 18.1 Å². The minimum absolute atomic E-state index is 0.137. The van der Waals surface area contributed by atoms with E-state index >= 15 is 0 Å². The maximum Gasteiger partial charge on any atom is 0.185 e. The third kappa shape index (κ3) is 5.54. The SMILES string of the molecule is COCc1nc(N(C)CCS(C)(=O)=O)sc1CNC1CC1. The number of hydrogen-bond acceptors (Lipinski definition) is 7. The number of anilines is 1. The number of nitrogens with zero attached hydrogens (tertiary/aromatic N) is 2. The highest BCUT2D eigenvalue weighted by Gasteiger charge is 2.22. The van der Waals surface area contributed by atoms with Crippen LogP contribution in [0.3, 0.4) is 0 Å². The number of nitrogens with one attached hydrogen (secondary N) is 1. The zero-order valence-corrected chi connectivity index (χ0v) is 14.4. The fourth-order valence-corrected chi connectivity index (χ4v) is 3.45. The molecule has 1 aromatic rings. The van der Waals surface area contributed by atoms with E-state index in [-0.39, 0.29) is 5.75 Å². The van der Waals surface area contributed by atoms with Gasteiger partial charge in [-0.15, -0.1) is 11.3 Å². The molecular weight excluding hydrogens is 310 g/mol. The smallest absolute Gasteiger partial charge is 0.185 e. The highest BCUT2D eigenvalue weighted by atomic mass is 32.2. The first-order valence-electron chi connectivity index (χ1n) is 6.99. The van der Waals surface area contributed by atoms with E-state index in [1.165, 1.54) is 24.0 Å². The van der Waals surface area contributed by atoms with Crippen LogP contribution in [0.15, 0.2) is 0 Å². The maximum atomic E-state index is 11.3. The summed E-state index contributed by atoms with van der Waals surface area (Å²) in [7, 11) is 0.575. The van der Waals surface area contributed by atoms with E-state index in [0.29, 0.717) is 19.2 Å². The summed E-state index contributed by atoms with van der Waals surface area (Å²) >= 11 is 1.61. The number of methoxy groups -OCH3 is 1. The Labute approximate surface area is 130 Å². The molecule has 1 aliphatic rings. The van der Waals surface area contributed by atoms with Crippen molar-refractivity contribution >= 4 is 26.3 Å². The minimum Gasteiger partial charge on any atom is -0.378 e. The summed E-state index contributed by atoms with van der Waals surface area (Å²) in [5, 5.41) is 4.33. The molecule has 1 aliphatic carbocycles. The molecule has 0 aromatic carbocycles. The van der Waals surface area contributed by atoms with Crippen LogP contribution in [0.25, 0.3) is 0 Å². The second kappa shape index (κ2) is 7.04. The van der Waals surface area contributed by atoms with Crippen molar-refractivity contribution in [3.05, 3.63) is 10.6 Å². The molecule has 0 aliphatic heterocycles. The van der Waals surface area contributed by atoms with Gasteiger partial charge in [0.1, 0.15) is 9.84 Å². The van der Waals surface area contributed by atoms with Crippen LogP contribution in [0.1, 0.15) is 23.4 Å². The predicted octanol–water partition coefficient (Wildman–Crippen LogP) is 1.02. The molecule has 21 heavy (non-hydrogen) atoms. The molecular formula is C13H23N3O3S2. The standard InChI is InChI=1S/C13H23N3O3S2/c1-16(6-7-21(3,17)18)13-15-11(9-19-2)12(20-13)8-14-10-4-5-10/h10,14H,4-9H2,1-3H3. The van der Waals surface area contributed by atoms with Gasteiger partial charge in [0.2, 0.25) is 0 Å². The molecule has 0 radical (unpaired) electrons. The quantitative estimate of drug-likeness (QED) is 0.727. The van der Waals surface area contributed by atoms with Crippen LogP contribution in [-0.4, -0.2) is 52.2 Å².